The predicted octanol–water partition coefficient (Wildman–Crippen LogP) is 0.132. The van der Waals surface area contributed by atoms with Crippen molar-refractivity contribution in [2.24, 2.45) is 0 Å². The van der Waals surface area contributed by atoms with Crippen molar-refractivity contribution < 1.29 is 52.6 Å². The third kappa shape index (κ3) is 2.99. The lowest BCUT2D eigenvalue weighted by Gasteiger charge is -2.39. The molecule has 2 aromatic carbocycles. The minimum atomic E-state index is -1.86. The third-order valence-corrected chi connectivity index (χ3v) is 5.43. The highest BCUT2D eigenvalue weighted by Gasteiger charge is 2.45. The number of hydrogen-bond donors (Lipinski definition) is 4. The SMILES string of the molecule is O=c1oc2c(F)c(O[C@@H]3O[C@H](CO)[C@@H](O)[C@H](O)[C@H]3O)cc(F)c2c2c3c(ccc12)OCO3. The molecule has 12 heteroatoms. The normalized spacial score (nSPS) is 27.2. The van der Waals surface area contributed by atoms with Gasteiger partial charge in [0.15, 0.2) is 22.8 Å². The van der Waals surface area contributed by atoms with Crippen LogP contribution in [0.4, 0.5) is 8.78 Å². The molecule has 5 rings (SSSR count). The molecule has 2 aliphatic rings. The van der Waals surface area contributed by atoms with Crippen LogP contribution in [-0.4, -0.2) is 64.5 Å². The molecular weight excluding hydrogens is 438 g/mol. The van der Waals surface area contributed by atoms with Gasteiger partial charge in [-0.2, -0.15) is 4.39 Å². The summed E-state index contributed by atoms with van der Waals surface area (Å²) in [5.41, 5.74) is -1.74. The first-order valence-corrected chi connectivity index (χ1v) is 9.46. The molecule has 0 saturated carbocycles. The van der Waals surface area contributed by atoms with Crippen molar-refractivity contribution in [1.29, 1.82) is 0 Å². The number of hydrogen-bond acceptors (Lipinski definition) is 10. The Kier molecular flexibility index (Phi) is 4.91. The monoisotopic (exact) mass is 454 g/mol. The van der Waals surface area contributed by atoms with Crippen LogP contribution in [-0.2, 0) is 4.74 Å². The van der Waals surface area contributed by atoms with Gasteiger partial charge in [0, 0.05) is 11.5 Å². The fraction of sp³-hybridized carbons (Fsp3) is 0.350. The van der Waals surface area contributed by atoms with E-state index >= 15 is 8.78 Å². The highest BCUT2D eigenvalue weighted by molar-refractivity contribution is 6.09. The van der Waals surface area contributed by atoms with E-state index in [-0.39, 0.29) is 34.5 Å². The van der Waals surface area contributed by atoms with E-state index < -0.39 is 65.9 Å². The van der Waals surface area contributed by atoms with Gasteiger partial charge in [0.1, 0.15) is 30.2 Å². The molecule has 0 spiro atoms. The van der Waals surface area contributed by atoms with Gasteiger partial charge < -0.3 is 43.8 Å². The molecule has 5 atom stereocenters. The van der Waals surface area contributed by atoms with E-state index in [1.54, 1.807) is 0 Å². The zero-order valence-corrected chi connectivity index (χ0v) is 16.0. The summed E-state index contributed by atoms with van der Waals surface area (Å²) in [6, 6.07) is 3.43. The van der Waals surface area contributed by atoms with Crippen LogP contribution in [0.25, 0.3) is 21.7 Å². The lowest BCUT2D eigenvalue weighted by Crippen LogP contribution is -2.60. The highest BCUT2D eigenvalue weighted by atomic mass is 19.1. The van der Waals surface area contributed by atoms with Gasteiger partial charge in [-0.3, -0.25) is 0 Å². The molecule has 4 N–H and O–H groups in total. The van der Waals surface area contributed by atoms with Gasteiger partial charge in [-0.1, -0.05) is 0 Å². The molecule has 32 heavy (non-hydrogen) atoms. The molecule has 2 aliphatic heterocycles. The first kappa shape index (κ1) is 20.8. The lowest BCUT2D eigenvalue weighted by molar-refractivity contribution is -0.277. The molecule has 0 amide bonds. The van der Waals surface area contributed by atoms with E-state index in [4.69, 9.17) is 23.4 Å². The van der Waals surface area contributed by atoms with Crippen molar-refractivity contribution in [1.82, 2.24) is 0 Å². The molecule has 0 aliphatic carbocycles. The van der Waals surface area contributed by atoms with Gasteiger partial charge in [0.25, 0.3) is 0 Å². The average Bonchev–Trinajstić information content (AvgIpc) is 3.26. The van der Waals surface area contributed by atoms with Crippen LogP contribution >= 0.6 is 0 Å². The van der Waals surface area contributed by atoms with E-state index in [9.17, 15) is 25.2 Å². The molecule has 0 bridgehead atoms. The van der Waals surface area contributed by atoms with Crippen molar-refractivity contribution >= 4 is 21.7 Å². The number of benzene rings is 2. The highest BCUT2D eigenvalue weighted by Crippen LogP contribution is 2.43. The first-order chi connectivity index (χ1) is 15.3. The van der Waals surface area contributed by atoms with Crippen LogP contribution < -0.4 is 19.8 Å². The minimum absolute atomic E-state index is 0.0398. The fourth-order valence-corrected chi connectivity index (χ4v) is 3.82. The molecule has 1 aromatic heterocycles. The molecule has 10 nitrogen and oxygen atoms in total. The van der Waals surface area contributed by atoms with E-state index in [0.717, 1.165) is 0 Å². The van der Waals surface area contributed by atoms with Crippen LogP contribution in [0, 0.1) is 11.6 Å². The molecule has 0 radical (unpaired) electrons. The Morgan fingerprint density at radius 3 is 2.59 bits per heavy atom. The summed E-state index contributed by atoms with van der Waals surface area (Å²) in [6.45, 7) is -0.911. The van der Waals surface area contributed by atoms with Crippen molar-refractivity contribution in [3.05, 3.63) is 40.3 Å². The maximum absolute atomic E-state index is 15.2. The maximum Gasteiger partial charge on any atom is 0.344 e. The zero-order valence-electron chi connectivity index (χ0n) is 16.0. The minimum Gasteiger partial charge on any atom is -0.459 e. The Bertz CT molecular complexity index is 1270. The number of ether oxygens (including phenoxy) is 4. The molecular formula is C20H16F2O10. The Balaban J connectivity index is 1.65. The number of halogens is 2. The van der Waals surface area contributed by atoms with Crippen LogP contribution in [0.1, 0.15) is 0 Å². The number of fused-ring (bicyclic) bond motifs is 5. The number of rotatable bonds is 3. The summed E-state index contributed by atoms with van der Waals surface area (Å²) in [5.74, 6) is -2.83. The van der Waals surface area contributed by atoms with Gasteiger partial charge in [0.2, 0.25) is 18.9 Å². The standard InChI is InChI=1S/C20H16F2O10/c21-7-3-9(30-20-16(26)15(25)14(24)10(4-23)31-20)13(22)18-12(7)11-6(19(27)32-18)1-2-8-17(11)29-5-28-8/h1-3,10,14-16,20,23-26H,4-5H2/t10-,14-,15+,16-,20-/m1/s1. The van der Waals surface area contributed by atoms with Crippen LogP contribution in [0.3, 0.4) is 0 Å². The quantitative estimate of drug-likeness (QED) is 0.318. The molecule has 3 aromatic rings. The molecule has 170 valence electrons. The van der Waals surface area contributed by atoms with Gasteiger partial charge in [-0.25, -0.2) is 9.18 Å². The number of aliphatic hydroxyl groups excluding tert-OH is 4. The second kappa shape index (κ2) is 7.53. The second-order valence-electron chi connectivity index (χ2n) is 7.30. The maximum atomic E-state index is 15.2. The van der Waals surface area contributed by atoms with Gasteiger partial charge in [0.05, 0.1) is 17.4 Å². The lowest BCUT2D eigenvalue weighted by atomic mass is 9.99. The summed E-state index contributed by atoms with van der Waals surface area (Å²) in [6.07, 6.45) is -8.41. The van der Waals surface area contributed by atoms with Gasteiger partial charge in [-0.15, -0.1) is 0 Å². The Hall–Kier alpha value is -3.03. The van der Waals surface area contributed by atoms with Crippen molar-refractivity contribution in [3.8, 4) is 17.2 Å². The summed E-state index contributed by atoms with van der Waals surface area (Å²) in [7, 11) is 0. The van der Waals surface area contributed by atoms with Crippen LogP contribution in [0.5, 0.6) is 17.2 Å². The van der Waals surface area contributed by atoms with Crippen molar-refractivity contribution in [2.45, 2.75) is 30.7 Å². The van der Waals surface area contributed by atoms with E-state index in [1.807, 2.05) is 0 Å². The van der Waals surface area contributed by atoms with E-state index in [0.29, 0.717) is 6.07 Å². The summed E-state index contributed by atoms with van der Waals surface area (Å²) < 4.78 is 56.3. The van der Waals surface area contributed by atoms with Crippen LogP contribution in [0.15, 0.2) is 27.4 Å². The van der Waals surface area contributed by atoms with Crippen LogP contribution in [0.2, 0.25) is 0 Å². The zero-order chi connectivity index (χ0) is 22.7. The number of aliphatic hydroxyl groups is 4. The summed E-state index contributed by atoms with van der Waals surface area (Å²) in [5, 5.41) is 38.6. The first-order valence-electron chi connectivity index (χ1n) is 9.46. The Morgan fingerprint density at radius 1 is 1.06 bits per heavy atom. The second-order valence-corrected chi connectivity index (χ2v) is 7.30. The Morgan fingerprint density at radius 2 is 1.84 bits per heavy atom. The molecule has 1 saturated heterocycles. The summed E-state index contributed by atoms with van der Waals surface area (Å²) >= 11 is 0. The van der Waals surface area contributed by atoms with Gasteiger partial charge in [-0.05, 0) is 12.1 Å². The van der Waals surface area contributed by atoms with Gasteiger partial charge >= 0.3 is 5.63 Å². The third-order valence-electron chi connectivity index (χ3n) is 5.43. The molecule has 1 fully saturated rings. The summed E-state index contributed by atoms with van der Waals surface area (Å²) in [4.78, 5) is 12.4. The molecule has 0 unspecified atom stereocenters. The van der Waals surface area contributed by atoms with Crippen molar-refractivity contribution in [2.75, 3.05) is 13.4 Å². The smallest absolute Gasteiger partial charge is 0.344 e. The predicted molar refractivity (Wildman–Crippen MR) is 100 cm³/mol. The fourth-order valence-electron chi connectivity index (χ4n) is 3.82. The molecule has 3 heterocycles. The largest absolute Gasteiger partial charge is 0.459 e. The topological polar surface area (TPSA) is 148 Å². The van der Waals surface area contributed by atoms with E-state index in [1.165, 1.54) is 12.1 Å². The van der Waals surface area contributed by atoms with Crippen molar-refractivity contribution in [3.63, 3.8) is 0 Å². The Labute approximate surface area is 176 Å². The average molecular weight is 454 g/mol. The van der Waals surface area contributed by atoms with E-state index in [2.05, 4.69) is 0 Å².